The van der Waals surface area contributed by atoms with E-state index in [1.807, 2.05) is 38.1 Å². The van der Waals surface area contributed by atoms with Crippen LogP contribution >= 0.6 is 0 Å². The van der Waals surface area contributed by atoms with E-state index >= 15 is 0 Å². The molecule has 1 aromatic heterocycles. The molecule has 1 aliphatic heterocycles. The molecule has 2 aliphatic rings. The van der Waals surface area contributed by atoms with Gasteiger partial charge in [0, 0.05) is 23.3 Å². The van der Waals surface area contributed by atoms with Crippen LogP contribution in [0.5, 0.6) is 5.75 Å². The summed E-state index contributed by atoms with van der Waals surface area (Å²) in [4.78, 5) is 12.7. The maximum Gasteiger partial charge on any atom is 0.233 e. The maximum atomic E-state index is 12.7. The molecule has 1 N–H and O–H groups in total. The van der Waals surface area contributed by atoms with Gasteiger partial charge in [-0.25, -0.2) is 0 Å². The summed E-state index contributed by atoms with van der Waals surface area (Å²) in [6.45, 7) is 4.46. The largest absolute Gasteiger partial charge is 0.494 e. The van der Waals surface area contributed by atoms with Crippen LogP contribution in [0.1, 0.15) is 48.9 Å². The van der Waals surface area contributed by atoms with Crippen molar-refractivity contribution in [3.63, 3.8) is 0 Å². The summed E-state index contributed by atoms with van der Waals surface area (Å²) in [6, 6.07) is 7.92. The molecule has 0 saturated heterocycles. The Morgan fingerprint density at radius 2 is 2.17 bits per heavy atom. The van der Waals surface area contributed by atoms with Gasteiger partial charge < -0.3 is 14.6 Å². The standard InChI is InChI=1S/C19H20N2O3/c1-3-23-15-10-5-4-7-12(15)17-16-11(2)21-24-19(16)20-13-8-6-9-14(22)18(13)17/h4-5,7,10,17,20H,3,6,8-9H2,1-2H3/t17-/m1/s1. The number of allylic oxidation sites excluding steroid dienone is 2. The quantitative estimate of drug-likeness (QED) is 0.926. The summed E-state index contributed by atoms with van der Waals surface area (Å²) in [7, 11) is 0. The molecular weight excluding hydrogens is 304 g/mol. The van der Waals surface area contributed by atoms with Crippen LogP contribution in [0.25, 0.3) is 0 Å². The van der Waals surface area contributed by atoms with Crippen LogP contribution in [-0.4, -0.2) is 17.5 Å². The van der Waals surface area contributed by atoms with E-state index in [1.54, 1.807) is 0 Å². The summed E-state index contributed by atoms with van der Waals surface area (Å²) in [6.07, 6.45) is 2.31. The van der Waals surface area contributed by atoms with E-state index in [2.05, 4.69) is 10.5 Å². The summed E-state index contributed by atoms with van der Waals surface area (Å²) >= 11 is 0. The molecule has 0 bridgehead atoms. The number of ether oxygens (including phenoxy) is 1. The number of para-hydroxylation sites is 1. The minimum absolute atomic E-state index is 0.182. The fourth-order valence-corrected chi connectivity index (χ4v) is 3.73. The van der Waals surface area contributed by atoms with E-state index in [1.165, 1.54) is 0 Å². The molecule has 2 heterocycles. The van der Waals surface area contributed by atoms with Gasteiger partial charge >= 0.3 is 0 Å². The smallest absolute Gasteiger partial charge is 0.233 e. The normalized spacial score (nSPS) is 19.6. The van der Waals surface area contributed by atoms with Crippen LogP contribution in [0.15, 0.2) is 40.1 Å². The Morgan fingerprint density at radius 1 is 1.33 bits per heavy atom. The zero-order valence-corrected chi connectivity index (χ0v) is 13.9. The van der Waals surface area contributed by atoms with Gasteiger partial charge in [0.05, 0.1) is 23.8 Å². The zero-order valence-electron chi connectivity index (χ0n) is 13.9. The van der Waals surface area contributed by atoms with Crippen LogP contribution in [-0.2, 0) is 4.79 Å². The molecule has 4 rings (SSSR count). The lowest BCUT2D eigenvalue weighted by molar-refractivity contribution is -0.116. The Balaban J connectivity index is 1.95. The van der Waals surface area contributed by atoms with Crippen molar-refractivity contribution < 1.29 is 14.1 Å². The van der Waals surface area contributed by atoms with Crippen molar-refractivity contribution in [1.82, 2.24) is 5.16 Å². The van der Waals surface area contributed by atoms with Crippen molar-refractivity contribution in [3.05, 3.63) is 52.4 Å². The van der Waals surface area contributed by atoms with E-state index in [4.69, 9.17) is 9.26 Å². The lowest BCUT2D eigenvalue weighted by Crippen LogP contribution is -2.26. The molecule has 0 saturated carbocycles. The highest BCUT2D eigenvalue weighted by molar-refractivity contribution is 6.01. The molecule has 0 amide bonds. The minimum Gasteiger partial charge on any atom is -0.494 e. The lowest BCUT2D eigenvalue weighted by Gasteiger charge is -2.31. The van der Waals surface area contributed by atoms with E-state index in [-0.39, 0.29) is 11.7 Å². The number of rotatable bonds is 3. The number of nitrogens with one attached hydrogen (secondary N) is 1. The monoisotopic (exact) mass is 324 g/mol. The molecule has 0 spiro atoms. The third kappa shape index (κ3) is 2.23. The second kappa shape index (κ2) is 5.82. The van der Waals surface area contributed by atoms with Crippen molar-refractivity contribution in [1.29, 1.82) is 0 Å². The molecule has 0 radical (unpaired) electrons. The number of aryl methyl sites for hydroxylation is 1. The molecule has 5 nitrogen and oxygen atoms in total. The number of hydrogen-bond acceptors (Lipinski definition) is 5. The van der Waals surface area contributed by atoms with E-state index < -0.39 is 0 Å². The van der Waals surface area contributed by atoms with E-state index in [0.29, 0.717) is 18.9 Å². The van der Waals surface area contributed by atoms with Gasteiger partial charge in [0.25, 0.3) is 0 Å². The maximum absolute atomic E-state index is 12.7. The second-order valence-corrected chi connectivity index (χ2v) is 6.21. The Labute approximate surface area is 140 Å². The summed E-state index contributed by atoms with van der Waals surface area (Å²) in [5.74, 6) is 1.48. The molecule has 0 fully saturated rings. The van der Waals surface area contributed by atoms with Crippen molar-refractivity contribution >= 4 is 11.7 Å². The van der Waals surface area contributed by atoms with Crippen LogP contribution < -0.4 is 10.1 Å². The van der Waals surface area contributed by atoms with Gasteiger partial charge in [0.2, 0.25) is 5.88 Å². The molecule has 5 heteroatoms. The van der Waals surface area contributed by atoms with Gasteiger partial charge in [-0.15, -0.1) is 0 Å². The Hall–Kier alpha value is -2.56. The van der Waals surface area contributed by atoms with Crippen molar-refractivity contribution in [3.8, 4) is 5.75 Å². The van der Waals surface area contributed by atoms with Gasteiger partial charge in [-0.3, -0.25) is 4.79 Å². The molecule has 2 aromatic rings. The van der Waals surface area contributed by atoms with Crippen molar-refractivity contribution in [2.75, 3.05) is 11.9 Å². The SMILES string of the molecule is CCOc1ccccc1[C@H]1C2=C(CCCC2=O)Nc2onc(C)c21. The molecule has 1 aromatic carbocycles. The van der Waals surface area contributed by atoms with Crippen LogP contribution in [0, 0.1) is 6.92 Å². The topological polar surface area (TPSA) is 64.4 Å². The van der Waals surface area contributed by atoms with E-state index in [0.717, 1.165) is 46.7 Å². The summed E-state index contributed by atoms with van der Waals surface area (Å²) in [5.41, 5.74) is 4.55. The number of Topliss-reactive ketones (excluding diaryl/α,β-unsaturated/α-hetero) is 1. The number of benzene rings is 1. The predicted octanol–water partition coefficient (Wildman–Crippen LogP) is 3.95. The summed E-state index contributed by atoms with van der Waals surface area (Å²) < 4.78 is 11.3. The Kier molecular flexibility index (Phi) is 3.63. The number of hydrogen-bond donors (Lipinski definition) is 1. The number of fused-ring (bicyclic) bond motifs is 1. The minimum atomic E-state index is -0.182. The first-order valence-electron chi connectivity index (χ1n) is 8.41. The fourth-order valence-electron chi connectivity index (χ4n) is 3.73. The number of nitrogens with zero attached hydrogens (tertiary/aromatic N) is 1. The van der Waals surface area contributed by atoms with Crippen LogP contribution in [0.2, 0.25) is 0 Å². The molecule has 1 atom stereocenters. The fraction of sp³-hybridized carbons (Fsp3) is 0.368. The molecular formula is C19H20N2O3. The van der Waals surface area contributed by atoms with Crippen LogP contribution in [0.3, 0.4) is 0 Å². The van der Waals surface area contributed by atoms with Crippen molar-refractivity contribution in [2.45, 2.75) is 39.0 Å². The average Bonchev–Trinajstić information content (AvgIpc) is 2.95. The first kappa shape index (κ1) is 15.0. The number of carbonyl (C=O) groups excluding carboxylic acids is 1. The molecule has 124 valence electrons. The average molecular weight is 324 g/mol. The Bertz CT molecular complexity index is 835. The number of ketones is 1. The third-order valence-corrected chi connectivity index (χ3v) is 4.74. The molecule has 24 heavy (non-hydrogen) atoms. The number of anilines is 1. The third-order valence-electron chi connectivity index (χ3n) is 4.74. The highest BCUT2D eigenvalue weighted by Crippen LogP contribution is 2.48. The van der Waals surface area contributed by atoms with Gasteiger partial charge in [-0.05, 0) is 32.8 Å². The van der Waals surface area contributed by atoms with Crippen LogP contribution in [0.4, 0.5) is 5.88 Å². The van der Waals surface area contributed by atoms with Gasteiger partial charge in [-0.1, -0.05) is 23.4 Å². The first-order chi connectivity index (χ1) is 11.7. The van der Waals surface area contributed by atoms with E-state index in [9.17, 15) is 4.79 Å². The summed E-state index contributed by atoms with van der Waals surface area (Å²) in [5, 5.41) is 7.41. The van der Waals surface area contributed by atoms with Gasteiger partial charge in [0.15, 0.2) is 5.78 Å². The van der Waals surface area contributed by atoms with Gasteiger partial charge in [0.1, 0.15) is 5.75 Å². The number of carbonyl (C=O) groups is 1. The highest BCUT2D eigenvalue weighted by atomic mass is 16.5. The zero-order chi connectivity index (χ0) is 16.7. The predicted molar refractivity (Wildman–Crippen MR) is 90.2 cm³/mol. The second-order valence-electron chi connectivity index (χ2n) is 6.21. The lowest BCUT2D eigenvalue weighted by atomic mass is 9.76. The molecule has 0 unspecified atom stereocenters. The van der Waals surface area contributed by atoms with Gasteiger partial charge in [-0.2, -0.15) is 0 Å². The highest BCUT2D eigenvalue weighted by Gasteiger charge is 2.39. The molecule has 1 aliphatic carbocycles. The number of aromatic nitrogens is 1. The first-order valence-corrected chi connectivity index (χ1v) is 8.41. The van der Waals surface area contributed by atoms with Crippen molar-refractivity contribution in [2.24, 2.45) is 0 Å². The Morgan fingerprint density at radius 3 is 3.00 bits per heavy atom.